The van der Waals surface area contributed by atoms with E-state index in [-0.39, 0.29) is 24.3 Å². The summed E-state index contributed by atoms with van der Waals surface area (Å²) in [4.78, 5) is 27.0. The summed E-state index contributed by atoms with van der Waals surface area (Å²) in [6.07, 6.45) is 1.70. The molecule has 174 valence electrons. The van der Waals surface area contributed by atoms with Gasteiger partial charge in [-0.25, -0.2) is 0 Å². The van der Waals surface area contributed by atoms with Crippen molar-refractivity contribution in [1.29, 1.82) is 0 Å². The number of benzene rings is 3. The van der Waals surface area contributed by atoms with Crippen LogP contribution in [0.3, 0.4) is 0 Å². The van der Waals surface area contributed by atoms with E-state index in [0.29, 0.717) is 29.6 Å². The van der Waals surface area contributed by atoms with Gasteiger partial charge in [0.05, 0.1) is 20.4 Å². The van der Waals surface area contributed by atoms with Crippen molar-refractivity contribution in [1.82, 2.24) is 4.90 Å². The first-order chi connectivity index (χ1) is 16.2. The van der Waals surface area contributed by atoms with Crippen molar-refractivity contribution in [3.63, 3.8) is 0 Å². The molecule has 0 unspecified atom stereocenters. The van der Waals surface area contributed by atoms with Gasteiger partial charge in [0.1, 0.15) is 12.4 Å². The summed E-state index contributed by atoms with van der Waals surface area (Å²) in [7, 11) is 0. The standard InChI is InChI=1S/C24H14Br2Cl2INO3S/c25-18-7-14(8-19(26)22(18)33-12-15-3-4-16(27)10-20(15)28)9-21-23(31)30(24(32)34-21)11-13-1-5-17(29)6-2-13/h1-10H,11-12H2/b21-9+. The smallest absolute Gasteiger partial charge is 0.293 e. The molecule has 0 bridgehead atoms. The lowest BCUT2D eigenvalue weighted by atomic mass is 10.2. The molecule has 0 atom stereocenters. The molecule has 0 radical (unpaired) electrons. The highest BCUT2D eigenvalue weighted by Gasteiger charge is 2.35. The second-order valence-electron chi connectivity index (χ2n) is 7.23. The van der Waals surface area contributed by atoms with Crippen molar-refractivity contribution in [3.8, 4) is 5.75 Å². The molecule has 3 aromatic carbocycles. The molecular weight excluding hydrogens is 740 g/mol. The highest BCUT2D eigenvalue weighted by atomic mass is 127. The fraction of sp³-hybridized carbons (Fsp3) is 0.0833. The van der Waals surface area contributed by atoms with Gasteiger partial charge in [-0.15, -0.1) is 0 Å². The molecule has 0 aromatic heterocycles. The van der Waals surface area contributed by atoms with Crippen LogP contribution in [0.25, 0.3) is 6.08 Å². The average molecular weight is 754 g/mol. The maximum Gasteiger partial charge on any atom is 0.293 e. The molecule has 1 fully saturated rings. The van der Waals surface area contributed by atoms with Crippen LogP contribution in [0.15, 0.2) is 68.4 Å². The first-order valence-electron chi connectivity index (χ1n) is 9.77. The zero-order valence-electron chi connectivity index (χ0n) is 17.2. The van der Waals surface area contributed by atoms with Crippen molar-refractivity contribution < 1.29 is 14.3 Å². The molecule has 0 N–H and O–H groups in total. The van der Waals surface area contributed by atoms with Crippen LogP contribution in [-0.4, -0.2) is 16.0 Å². The Morgan fingerprint density at radius 3 is 2.32 bits per heavy atom. The quantitative estimate of drug-likeness (QED) is 0.186. The van der Waals surface area contributed by atoms with E-state index in [1.807, 2.05) is 42.5 Å². The number of amides is 2. The minimum absolute atomic E-state index is 0.242. The van der Waals surface area contributed by atoms with Crippen molar-refractivity contribution in [2.45, 2.75) is 13.2 Å². The SMILES string of the molecule is O=C1S/C(=C/c2cc(Br)c(OCc3ccc(Cl)cc3Cl)c(Br)c2)C(=O)N1Cc1ccc(I)cc1. The number of hydrogen-bond acceptors (Lipinski definition) is 4. The summed E-state index contributed by atoms with van der Waals surface area (Å²) >= 11 is 22.4. The third-order valence-electron chi connectivity index (χ3n) is 4.83. The van der Waals surface area contributed by atoms with Crippen LogP contribution in [0, 0.1) is 3.57 Å². The van der Waals surface area contributed by atoms with Crippen LogP contribution >= 0.6 is 89.4 Å². The highest BCUT2D eigenvalue weighted by Crippen LogP contribution is 2.38. The van der Waals surface area contributed by atoms with E-state index in [0.717, 1.165) is 32.0 Å². The Labute approximate surface area is 241 Å². The number of hydrogen-bond donors (Lipinski definition) is 0. The number of rotatable bonds is 6. The van der Waals surface area contributed by atoms with E-state index in [1.165, 1.54) is 4.90 Å². The van der Waals surface area contributed by atoms with Gasteiger partial charge in [-0.1, -0.05) is 41.4 Å². The van der Waals surface area contributed by atoms with E-state index >= 15 is 0 Å². The predicted octanol–water partition coefficient (Wildman–Crippen LogP) is 8.94. The second kappa shape index (κ2) is 11.3. The van der Waals surface area contributed by atoms with E-state index in [4.69, 9.17) is 27.9 Å². The highest BCUT2D eigenvalue weighted by molar-refractivity contribution is 14.1. The lowest BCUT2D eigenvalue weighted by Gasteiger charge is -2.13. The Balaban J connectivity index is 1.50. The molecule has 2 amide bonds. The Kier molecular flexibility index (Phi) is 8.69. The summed E-state index contributed by atoms with van der Waals surface area (Å²) < 4.78 is 8.43. The van der Waals surface area contributed by atoms with Gasteiger partial charge in [-0.3, -0.25) is 14.5 Å². The van der Waals surface area contributed by atoms with Crippen LogP contribution < -0.4 is 4.74 Å². The van der Waals surface area contributed by atoms with E-state index < -0.39 is 0 Å². The van der Waals surface area contributed by atoms with Crippen LogP contribution in [0.1, 0.15) is 16.7 Å². The number of thioether (sulfide) groups is 1. The lowest BCUT2D eigenvalue weighted by Crippen LogP contribution is -2.27. The third-order valence-corrected chi connectivity index (χ3v) is 8.22. The molecule has 1 heterocycles. The molecule has 1 saturated heterocycles. The molecule has 34 heavy (non-hydrogen) atoms. The van der Waals surface area contributed by atoms with Crippen molar-refractivity contribution in [3.05, 3.63) is 98.8 Å². The van der Waals surface area contributed by atoms with Gasteiger partial charge in [0.15, 0.2) is 0 Å². The summed E-state index contributed by atoms with van der Waals surface area (Å²) in [6, 6.07) is 16.6. The van der Waals surface area contributed by atoms with Crippen molar-refractivity contribution >= 4 is 107 Å². The molecule has 0 saturated carbocycles. The van der Waals surface area contributed by atoms with Gasteiger partial charge in [-0.2, -0.15) is 0 Å². The first kappa shape index (κ1) is 26.0. The van der Waals surface area contributed by atoms with Crippen molar-refractivity contribution in [2.24, 2.45) is 0 Å². The summed E-state index contributed by atoms with van der Waals surface area (Å²) in [5, 5.41) is 0.800. The Morgan fingerprint density at radius 1 is 1.00 bits per heavy atom. The topological polar surface area (TPSA) is 46.6 Å². The van der Waals surface area contributed by atoms with Gasteiger partial charge in [-0.05, 0) is 120 Å². The monoisotopic (exact) mass is 751 g/mol. The molecule has 0 spiro atoms. The Bertz CT molecular complexity index is 1300. The maximum absolute atomic E-state index is 12.9. The summed E-state index contributed by atoms with van der Waals surface area (Å²) in [5.74, 6) is 0.286. The Hall–Kier alpha value is -1.04. The molecule has 1 aliphatic heterocycles. The number of carbonyl (C=O) groups is 2. The van der Waals surface area contributed by atoms with Gasteiger partial charge in [0, 0.05) is 19.2 Å². The largest absolute Gasteiger partial charge is 0.486 e. The Morgan fingerprint density at radius 2 is 1.68 bits per heavy atom. The lowest BCUT2D eigenvalue weighted by molar-refractivity contribution is -0.123. The fourth-order valence-electron chi connectivity index (χ4n) is 3.15. The predicted molar refractivity (Wildman–Crippen MR) is 153 cm³/mol. The van der Waals surface area contributed by atoms with Gasteiger partial charge < -0.3 is 4.74 Å². The third kappa shape index (κ3) is 6.20. The van der Waals surface area contributed by atoms with E-state index in [9.17, 15) is 9.59 Å². The molecule has 10 heteroatoms. The van der Waals surface area contributed by atoms with Gasteiger partial charge in [0.2, 0.25) is 0 Å². The van der Waals surface area contributed by atoms with Crippen LogP contribution in [-0.2, 0) is 17.9 Å². The molecule has 4 rings (SSSR count). The zero-order chi connectivity index (χ0) is 24.4. The summed E-state index contributed by atoms with van der Waals surface area (Å²) in [5.41, 5.74) is 2.45. The van der Waals surface area contributed by atoms with E-state index in [1.54, 1.807) is 18.2 Å². The van der Waals surface area contributed by atoms with Crippen LogP contribution in [0.5, 0.6) is 5.75 Å². The van der Waals surface area contributed by atoms with Gasteiger partial charge >= 0.3 is 0 Å². The molecular formula is C24H14Br2Cl2INO3S. The van der Waals surface area contributed by atoms with Crippen molar-refractivity contribution in [2.75, 3.05) is 0 Å². The minimum Gasteiger partial charge on any atom is -0.486 e. The number of nitrogens with zero attached hydrogens (tertiary/aromatic N) is 1. The molecule has 3 aromatic rings. The number of ether oxygens (including phenoxy) is 1. The fourth-order valence-corrected chi connectivity index (χ4v) is 6.26. The van der Waals surface area contributed by atoms with Crippen LogP contribution in [0.2, 0.25) is 10.0 Å². The number of imide groups is 1. The molecule has 4 nitrogen and oxygen atoms in total. The first-order valence-corrected chi connectivity index (χ1v) is 14.0. The maximum atomic E-state index is 12.9. The average Bonchev–Trinajstić information content (AvgIpc) is 3.03. The normalized spacial score (nSPS) is 14.9. The second-order valence-corrected chi connectivity index (χ2v) is 12.0. The van der Waals surface area contributed by atoms with E-state index in [2.05, 4.69) is 54.5 Å². The summed E-state index contributed by atoms with van der Waals surface area (Å²) in [6.45, 7) is 0.496. The number of carbonyl (C=O) groups excluding carboxylic acids is 2. The van der Waals surface area contributed by atoms with Gasteiger partial charge in [0.25, 0.3) is 11.1 Å². The van der Waals surface area contributed by atoms with Crippen LogP contribution in [0.4, 0.5) is 4.79 Å². The minimum atomic E-state index is -0.307. The number of halogens is 5. The zero-order valence-corrected chi connectivity index (χ0v) is 24.8. The molecule has 1 aliphatic rings. The molecule has 0 aliphatic carbocycles.